The molecular formula is C18H16N2O2S. The minimum absolute atomic E-state index is 0.0501. The van der Waals surface area contributed by atoms with Gasteiger partial charge in [0, 0.05) is 12.1 Å². The molecule has 0 radical (unpaired) electrons. The Kier molecular flexibility index (Phi) is 4.80. The third-order valence-corrected chi connectivity index (χ3v) is 4.34. The summed E-state index contributed by atoms with van der Waals surface area (Å²) < 4.78 is 0. The van der Waals surface area contributed by atoms with Gasteiger partial charge < -0.3 is 10.4 Å². The highest BCUT2D eigenvalue weighted by molar-refractivity contribution is 7.13. The fourth-order valence-corrected chi connectivity index (χ4v) is 3.05. The van der Waals surface area contributed by atoms with Gasteiger partial charge in [0.25, 0.3) is 5.91 Å². The lowest BCUT2D eigenvalue weighted by Crippen LogP contribution is -2.10. The van der Waals surface area contributed by atoms with E-state index < -0.39 is 0 Å². The summed E-state index contributed by atoms with van der Waals surface area (Å²) in [6.07, 6.45) is 2.33. The molecule has 1 aromatic heterocycles. The molecule has 0 saturated carbocycles. The monoisotopic (exact) mass is 324 g/mol. The third-order valence-electron chi connectivity index (χ3n) is 3.34. The standard InChI is InChI=1S/C18H16N2O2S/c21-12-14-7-4-8-15(9-14)20-18(22)16-11-19-17(23-16)10-13-5-2-1-3-6-13/h1-9,11,21H,10,12H2,(H,20,22). The van der Waals surface area contributed by atoms with Gasteiger partial charge in [-0.3, -0.25) is 4.79 Å². The molecule has 0 aliphatic rings. The van der Waals surface area contributed by atoms with Crippen molar-refractivity contribution in [1.82, 2.24) is 4.98 Å². The van der Waals surface area contributed by atoms with Crippen LogP contribution in [0, 0.1) is 0 Å². The lowest BCUT2D eigenvalue weighted by molar-refractivity contribution is 0.103. The largest absolute Gasteiger partial charge is 0.392 e. The molecule has 3 aromatic rings. The summed E-state index contributed by atoms with van der Waals surface area (Å²) in [5, 5.41) is 12.9. The molecule has 4 nitrogen and oxygen atoms in total. The van der Waals surface area contributed by atoms with E-state index in [9.17, 15) is 4.79 Å². The summed E-state index contributed by atoms with van der Waals surface area (Å²) in [7, 11) is 0. The zero-order valence-electron chi connectivity index (χ0n) is 12.4. The molecule has 0 spiro atoms. The number of anilines is 1. The number of carbonyl (C=O) groups excluding carboxylic acids is 1. The van der Waals surface area contributed by atoms with Crippen molar-refractivity contribution in [3.05, 3.63) is 81.8 Å². The fraction of sp³-hybridized carbons (Fsp3) is 0.111. The van der Waals surface area contributed by atoms with E-state index in [-0.39, 0.29) is 12.5 Å². The second-order valence-electron chi connectivity index (χ2n) is 5.09. The van der Waals surface area contributed by atoms with Gasteiger partial charge in [0.05, 0.1) is 17.8 Å². The first-order valence-corrected chi connectivity index (χ1v) is 8.06. The Morgan fingerprint density at radius 2 is 1.87 bits per heavy atom. The molecule has 0 atom stereocenters. The molecule has 0 saturated heterocycles. The van der Waals surface area contributed by atoms with Gasteiger partial charge in [0.15, 0.2) is 0 Å². The maximum atomic E-state index is 12.3. The van der Waals surface area contributed by atoms with E-state index in [1.807, 2.05) is 30.3 Å². The number of nitrogens with zero attached hydrogens (tertiary/aromatic N) is 1. The molecule has 0 aliphatic carbocycles. The van der Waals surface area contributed by atoms with Crippen LogP contribution in [0.3, 0.4) is 0 Å². The summed E-state index contributed by atoms with van der Waals surface area (Å²) >= 11 is 1.39. The number of aliphatic hydroxyl groups is 1. The summed E-state index contributed by atoms with van der Waals surface area (Å²) in [5.41, 5.74) is 2.60. The summed E-state index contributed by atoms with van der Waals surface area (Å²) in [5.74, 6) is -0.183. The number of aromatic nitrogens is 1. The molecule has 2 aromatic carbocycles. The number of hydrogen-bond acceptors (Lipinski definition) is 4. The maximum absolute atomic E-state index is 12.3. The molecule has 0 unspecified atom stereocenters. The van der Waals surface area contributed by atoms with Crippen LogP contribution in [0.1, 0.15) is 25.8 Å². The van der Waals surface area contributed by atoms with Gasteiger partial charge in [0.1, 0.15) is 4.88 Å². The number of hydrogen-bond donors (Lipinski definition) is 2. The Balaban J connectivity index is 1.68. The molecule has 3 rings (SSSR count). The highest BCUT2D eigenvalue weighted by Gasteiger charge is 2.11. The smallest absolute Gasteiger partial charge is 0.267 e. The van der Waals surface area contributed by atoms with Crippen LogP contribution in [0.5, 0.6) is 0 Å². The van der Waals surface area contributed by atoms with E-state index in [1.54, 1.807) is 30.5 Å². The maximum Gasteiger partial charge on any atom is 0.267 e. The number of amides is 1. The Morgan fingerprint density at radius 3 is 2.65 bits per heavy atom. The van der Waals surface area contributed by atoms with Crippen molar-refractivity contribution in [1.29, 1.82) is 0 Å². The Labute approximate surface area is 138 Å². The topological polar surface area (TPSA) is 62.2 Å². The van der Waals surface area contributed by atoms with Crippen LogP contribution in [0.4, 0.5) is 5.69 Å². The SMILES string of the molecule is O=C(Nc1cccc(CO)c1)c1cnc(Cc2ccccc2)s1. The first-order valence-electron chi connectivity index (χ1n) is 7.24. The normalized spacial score (nSPS) is 10.5. The third kappa shape index (κ3) is 4.03. The predicted octanol–water partition coefficient (Wildman–Crippen LogP) is 3.48. The number of rotatable bonds is 5. The Morgan fingerprint density at radius 1 is 1.09 bits per heavy atom. The minimum Gasteiger partial charge on any atom is -0.392 e. The number of nitrogens with one attached hydrogen (secondary N) is 1. The summed E-state index contributed by atoms with van der Waals surface area (Å²) in [6, 6.07) is 17.2. The van der Waals surface area contributed by atoms with Crippen molar-refractivity contribution in [2.24, 2.45) is 0 Å². The van der Waals surface area contributed by atoms with Crippen LogP contribution in [0.2, 0.25) is 0 Å². The molecule has 1 amide bonds. The van der Waals surface area contributed by atoms with Gasteiger partial charge in [-0.1, -0.05) is 42.5 Å². The number of aliphatic hydroxyl groups excluding tert-OH is 1. The molecule has 23 heavy (non-hydrogen) atoms. The van der Waals surface area contributed by atoms with E-state index in [0.29, 0.717) is 10.6 Å². The average Bonchev–Trinajstić information content (AvgIpc) is 3.04. The van der Waals surface area contributed by atoms with E-state index in [2.05, 4.69) is 10.3 Å². The predicted molar refractivity (Wildman–Crippen MR) is 91.7 cm³/mol. The van der Waals surface area contributed by atoms with Crippen molar-refractivity contribution >= 4 is 22.9 Å². The molecule has 1 heterocycles. The highest BCUT2D eigenvalue weighted by Crippen LogP contribution is 2.19. The van der Waals surface area contributed by atoms with E-state index in [1.165, 1.54) is 16.9 Å². The Hall–Kier alpha value is -2.50. The fourth-order valence-electron chi connectivity index (χ4n) is 2.21. The van der Waals surface area contributed by atoms with Crippen molar-refractivity contribution in [3.63, 3.8) is 0 Å². The van der Waals surface area contributed by atoms with E-state index in [0.717, 1.165) is 17.0 Å². The highest BCUT2D eigenvalue weighted by atomic mass is 32.1. The van der Waals surface area contributed by atoms with Crippen LogP contribution >= 0.6 is 11.3 Å². The van der Waals surface area contributed by atoms with Gasteiger partial charge in [0.2, 0.25) is 0 Å². The van der Waals surface area contributed by atoms with Crippen LogP contribution < -0.4 is 5.32 Å². The van der Waals surface area contributed by atoms with Crippen LogP contribution in [0.25, 0.3) is 0 Å². The Bertz CT molecular complexity index is 800. The molecule has 0 fully saturated rings. The zero-order chi connectivity index (χ0) is 16.1. The number of carbonyl (C=O) groups is 1. The zero-order valence-corrected chi connectivity index (χ0v) is 13.2. The lowest BCUT2D eigenvalue weighted by atomic mass is 10.2. The molecule has 116 valence electrons. The number of thiazole rings is 1. The van der Waals surface area contributed by atoms with Crippen molar-refractivity contribution in [2.75, 3.05) is 5.32 Å². The first-order chi connectivity index (χ1) is 11.2. The second kappa shape index (κ2) is 7.17. The second-order valence-corrected chi connectivity index (χ2v) is 6.21. The number of benzene rings is 2. The van der Waals surface area contributed by atoms with Crippen molar-refractivity contribution < 1.29 is 9.90 Å². The first kappa shape index (κ1) is 15.4. The summed E-state index contributed by atoms with van der Waals surface area (Å²) in [6.45, 7) is -0.0501. The van der Waals surface area contributed by atoms with Gasteiger partial charge in [-0.05, 0) is 23.3 Å². The average molecular weight is 324 g/mol. The van der Waals surface area contributed by atoms with E-state index >= 15 is 0 Å². The van der Waals surface area contributed by atoms with Gasteiger partial charge >= 0.3 is 0 Å². The van der Waals surface area contributed by atoms with Gasteiger partial charge in [-0.15, -0.1) is 11.3 Å². The molecule has 2 N–H and O–H groups in total. The molecule has 0 aliphatic heterocycles. The van der Waals surface area contributed by atoms with Crippen molar-refractivity contribution in [2.45, 2.75) is 13.0 Å². The van der Waals surface area contributed by atoms with Crippen LogP contribution in [-0.2, 0) is 13.0 Å². The van der Waals surface area contributed by atoms with Crippen LogP contribution in [-0.4, -0.2) is 16.0 Å². The lowest BCUT2D eigenvalue weighted by Gasteiger charge is -2.04. The quantitative estimate of drug-likeness (QED) is 0.755. The molecular weight excluding hydrogens is 308 g/mol. The molecule has 0 bridgehead atoms. The molecule has 5 heteroatoms. The van der Waals surface area contributed by atoms with Crippen molar-refractivity contribution in [3.8, 4) is 0 Å². The van der Waals surface area contributed by atoms with Gasteiger partial charge in [-0.2, -0.15) is 0 Å². The summed E-state index contributed by atoms with van der Waals surface area (Å²) in [4.78, 5) is 17.2. The van der Waals surface area contributed by atoms with E-state index in [4.69, 9.17) is 5.11 Å². The minimum atomic E-state index is -0.183. The van der Waals surface area contributed by atoms with Crippen LogP contribution in [0.15, 0.2) is 60.8 Å². The van der Waals surface area contributed by atoms with Gasteiger partial charge in [-0.25, -0.2) is 4.98 Å².